The van der Waals surface area contributed by atoms with Gasteiger partial charge in [-0.15, -0.1) is 0 Å². The van der Waals surface area contributed by atoms with Gasteiger partial charge in [0.1, 0.15) is 5.75 Å². The molecule has 40 heavy (non-hydrogen) atoms. The molecule has 1 saturated carbocycles. The zero-order chi connectivity index (χ0) is 28.5. The number of hydrazone groups is 1. The van der Waals surface area contributed by atoms with Crippen LogP contribution in [0.3, 0.4) is 0 Å². The van der Waals surface area contributed by atoms with E-state index in [1.807, 2.05) is 0 Å². The number of hydrogen-bond acceptors (Lipinski definition) is 6. The second-order valence-electron chi connectivity index (χ2n) is 9.06. The summed E-state index contributed by atoms with van der Waals surface area (Å²) in [7, 11) is 0. The average Bonchev–Trinajstić information content (AvgIpc) is 2.95. The number of para-hydroxylation sites is 1. The van der Waals surface area contributed by atoms with E-state index in [2.05, 4.69) is 37.1 Å². The number of carbonyl (C=O) groups excluding carboxylic acids is 4. The standard InChI is InChI=1S/C29H26BrClN4O5/c30-19-14-15-25(40-29(39)21-10-4-6-12-23(21)31)18(16-19)17-32-35-28(38)27(37)34-24-13-7-5-11-22(24)26(36)33-20-8-2-1-3-9-20/h4-7,10-17,20H,1-3,8-9H2,(H,33,36)(H,34,37)(H,35,38)/b32-17-. The molecule has 3 aromatic rings. The topological polar surface area (TPSA) is 126 Å². The van der Waals surface area contributed by atoms with E-state index in [0.717, 1.165) is 32.1 Å². The van der Waals surface area contributed by atoms with Crippen molar-refractivity contribution in [3.63, 3.8) is 0 Å². The van der Waals surface area contributed by atoms with Gasteiger partial charge < -0.3 is 15.4 Å². The molecule has 1 aliphatic carbocycles. The highest BCUT2D eigenvalue weighted by Gasteiger charge is 2.21. The van der Waals surface area contributed by atoms with Crippen LogP contribution < -0.4 is 20.8 Å². The fourth-order valence-electron chi connectivity index (χ4n) is 4.19. The molecule has 0 spiro atoms. The van der Waals surface area contributed by atoms with Crippen molar-refractivity contribution in [1.82, 2.24) is 10.7 Å². The first kappa shape index (κ1) is 29.0. The maximum absolute atomic E-state index is 12.8. The SMILES string of the molecule is O=C(N/N=C\c1cc(Br)ccc1OC(=O)c1ccccc1Cl)C(=O)Nc1ccccc1C(=O)NC1CCCCC1. The van der Waals surface area contributed by atoms with Crippen molar-refractivity contribution in [3.05, 3.63) is 92.9 Å². The third kappa shape index (κ3) is 7.77. The van der Waals surface area contributed by atoms with E-state index in [1.165, 1.54) is 12.3 Å². The molecular weight excluding hydrogens is 600 g/mol. The zero-order valence-corrected chi connectivity index (χ0v) is 23.6. The number of esters is 1. The summed E-state index contributed by atoms with van der Waals surface area (Å²) in [6.45, 7) is 0. The highest BCUT2D eigenvalue weighted by molar-refractivity contribution is 9.10. The van der Waals surface area contributed by atoms with E-state index < -0.39 is 17.8 Å². The van der Waals surface area contributed by atoms with E-state index in [0.29, 0.717) is 10.0 Å². The van der Waals surface area contributed by atoms with E-state index in [9.17, 15) is 19.2 Å². The van der Waals surface area contributed by atoms with Crippen LogP contribution in [-0.2, 0) is 9.59 Å². The Morgan fingerprint density at radius 3 is 2.35 bits per heavy atom. The van der Waals surface area contributed by atoms with Crippen molar-refractivity contribution in [1.29, 1.82) is 0 Å². The summed E-state index contributed by atoms with van der Waals surface area (Å²) in [5, 5.41) is 9.56. The molecule has 9 nitrogen and oxygen atoms in total. The summed E-state index contributed by atoms with van der Waals surface area (Å²) in [6.07, 6.45) is 6.35. The van der Waals surface area contributed by atoms with Crippen molar-refractivity contribution in [3.8, 4) is 5.75 Å². The molecule has 3 aromatic carbocycles. The van der Waals surface area contributed by atoms with Gasteiger partial charge in [-0.05, 0) is 55.3 Å². The predicted octanol–water partition coefficient (Wildman–Crippen LogP) is 5.47. The molecule has 1 fully saturated rings. The lowest BCUT2D eigenvalue weighted by Crippen LogP contribution is -2.37. The van der Waals surface area contributed by atoms with Crippen LogP contribution in [0.4, 0.5) is 5.69 Å². The van der Waals surface area contributed by atoms with Crippen molar-refractivity contribution >= 4 is 63.1 Å². The second kappa shape index (κ2) is 13.9. The van der Waals surface area contributed by atoms with Gasteiger partial charge in [-0.3, -0.25) is 14.4 Å². The molecule has 3 amide bonds. The first-order chi connectivity index (χ1) is 19.3. The summed E-state index contributed by atoms with van der Waals surface area (Å²) >= 11 is 9.43. The van der Waals surface area contributed by atoms with Gasteiger partial charge >= 0.3 is 17.8 Å². The maximum atomic E-state index is 12.8. The van der Waals surface area contributed by atoms with Crippen LogP contribution in [0.2, 0.25) is 5.02 Å². The molecule has 0 saturated heterocycles. The first-order valence-corrected chi connectivity index (χ1v) is 13.8. The Labute approximate surface area is 244 Å². The molecule has 0 atom stereocenters. The normalized spacial score (nSPS) is 13.4. The molecule has 0 bridgehead atoms. The summed E-state index contributed by atoms with van der Waals surface area (Å²) in [5.74, 6) is -2.88. The lowest BCUT2D eigenvalue weighted by atomic mass is 9.95. The molecule has 0 aliphatic heterocycles. The smallest absolute Gasteiger partial charge is 0.345 e. The number of ether oxygens (including phenoxy) is 1. The van der Waals surface area contributed by atoms with E-state index in [1.54, 1.807) is 60.7 Å². The van der Waals surface area contributed by atoms with Crippen LogP contribution in [0, 0.1) is 0 Å². The van der Waals surface area contributed by atoms with Gasteiger partial charge in [0.25, 0.3) is 5.91 Å². The maximum Gasteiger partial charge on any atom is 0.345 e. The Balaban J connectivity index is 1.39. The number of halogens is 2. The van der Waals surface area contributed by atoms with Crippen LogP contribution in [-0.4, -0.2) is 35.9 Å². The third-order valence-corrected chi connectivity index (χ3v) is 7.03. The van der Waals surface area contributed by atoms with Crippen LogP contribution in [0.25, 0.3) is 0 Å². The van der Waals surface area contributed by atoms with E-state index in [4.69, 9.17) is 16.3 Å². The zero-order valence-electron chi connectivity index (χ0n) is 21.3. The predicted molar refractivity (Wildman–Crippen MR) is 156 cm³/mol. The Kier molecular flexibility index (Phi) is 10.0. The fraction of sp³-hybridized carbons (Fsp3) is 0.207. The Bertz CT molecular complexity index is 1460. The van der Waals surface area contributed by atoms with Crippen molar-refractivity contribution < 1.29 is 23.9 Å². The number of benzene rings is 3. The largest absolute Gasteiger partial charge is 0.422 e. The number of nitrogens with one attached hydrogen (secondary N) is 3. The van der Waals surface area contributed by atoms with Crippen LogP contribution in [0.5, 0.6) is 5.75 Å². The molecule has 4 rings (SSSR count). The van der Waals surface area contributed by atoms with Gasteiger partial charge in [-0.1, -0.05) is 71.1 Å². The first-order valence-electron chi connectivity index (χ1n) is 12.6. The number of rotatable bonds is 7. The Morgan fingerprint density at radius 2 is 1.60 bits per heavy atom. The lowest BCUT2D eigenvalue weighted by Gasteiger charge is -2.23. The van der Waals surface area contributed by atoms with Gasteiger partial charge in [-0.25, -0.2) is 10.2 Å². The van der Waals surface area contributed by atoms with Gasteiger partial charge in [0, 0.05) is 16.1 Å². The highest BCUT2D eigenvalue weighted by atomic mass is 79.9. The summed E-state index contributed by atoms with van der Waals surface area (Å²) in [5.41, 5.74) is 3.15. The van der Waals surface area contributed by atoms with Gasteiger partial charge in [0.15, 0.2) is 0 Å². The summed E-state index contributed by atoms with van der Waals surface area (Å²) in [6, 6.07) is 17.9. The van der Waals surface area contributed by atoms with E-state index in [-0.39, 0.29) is 39.5 Å². The minimum atomic E-state index is -1.05. The van der Waals surface area contributed by atoms with Crippen LogP contribution in [0.15, 0.2) is 76.3 Å². The molecule has 0 heterocycles. The molecule has 0 unspecified atom stereocenters. The molecular formula is C29H26BrClN4O5. The van der Waals surface area contributed by atoms with Crippen molar-refractivity contribution in [2.24, 2.45) is 5.10 Å². The second-order valence-corrected chi connectivity index (χ2v) is 10.4. The van der Waals surface area contributed by atoms with Gasteiger partial charge in [0.05, 0.1) is 28.1 Å². The lowest BCUT2D eigenvalue weighted by molar-refractivity contribution is -0.136. The molecule has 1 aliphatic rings. The number of anilines is 1. The molecule has 206 valence electrons. The number of hydrogen-bond donors (Lipinski definition) is 3. The number of carbonyl (C=O) groups is 4. The molecule has 11 heteroatoms. The Hall–Kier alpha value is -4.02. The van der Waals surface area contributed by atoms with Gasteiger partial charge in [-0.2, -0.15) is 5.10 Å². The highest BCUT2D eigenvalue weighted by Crippen LogP contribution is 2.25. The van der Waals surface area contributed by atoms with Crippen LogP contribution >= 0.6 is 27.5 Å². The van der Waals surface area contributed by atoms with Crippen molar-refractivity contribution in [2.45, 2.75) is 38.1 Å². The quantitative estimate of drug-likeness (QED) is 0.106. The number of nitrogens with zero attached hydrogens (tertiary/aromatic N) is 1. The van der Waals surface area contributed by atoms with Crippen LogP contribution in [0.1, 0.15) is 58.4 Å². The molecule has 3 N–H and O–H groups in total. The van der Waals surface area contributed by atoms with E-state index >= 15 is 0 Å². The average molecular weight is 626 g/mol. The number of amides is 3. The monoisotopic (exact) mass is 624 g/mol. The fourth-order valence-corrected chi connectivity index (χ4v) is 4.78. The summed E-state index contributed by atoms with van der Waals surface area (Å²) in [4.78, 5) is 50.4. The summed E-state index contributed by atoms with van der Waals surface area (Å²) < 4.78 is 6.14. The minimum absolute atomic E-state index is 0.0921. The third-order valence-electron chi connectivity index (χ3n) is 6.20. The molecule has 0 radical (unpaired) electrons. The van der Waals surface area contributed by atoms with Crippen molar-refractivity contribution in [2.75, 3.05) is 5.32 Å². The minimum Gasteiger partial charge on any atom is -0.422 e. The molecule has 0 aromatic heterocycles. The Morgan fingerprint density at radius 1 is 0.900 bits per heavy atom. The van der Waals surface area contributed by atoms with Gasteiger partial charge in [0.2, 0.25) is 0 Å².